The van der Waals surface area contributed by atoms with E-state index in [0.29, 0.717) is 28.4 Å². The van der Waals surface area contributed by atoms with E-state index < -0.39 is 0 Å². The molecule has 0 aliphatic heterocycles. The number of nitrogens with one attached hydrogen (secondary N) is 3. The number of benzene rings is 1. The summed E-state index contributed by atoms with van der Waals surface area (Å²) in [6.07, 6.45) is 9.26. The molecule has 0 saturated carbocycles. The van der Waals surface area contributed by atoms with E-state index in [4.69, 9.17) is 10.1 Å². The molecule has 0 atom stereocenters. The van der Waals surface area contributed by atoms with Crippen molar-refractivity contribution < 1.29 is 9.53 Å². The molecule has 0 spiro atoms. The predicted octanol–water partition coefficient (Wildman–Crippen LogP) is 4.10. The summed E-state index contributed by atoms with van der Waals surface area (Å²) in [7, 11) is 1.78. The largest absolute Gasteiger partial charge is 0.490 e. The van der Waals surface area contributed by atoms with Gasteiger partial charge in [0.25, 0.3) is 5.91 Å². The Balaban J connectivity index is 1.92. The zero-order chi connectivity index (χ0) is 23.1. The van der Waals surface area contributed by atoms with Gasteiger partial charge in [-0.05, 0) is 50.1 Å². The van der Waals surface area contributed by atoms with Gasteiger partial charge in [0.05, 0.1) is 29.8 Å². The highest BCUT2D eigenvalue weighted by Crippen LogP contribution is 2.32. The first-order chi connectivity index (χ1) is 15.4. The van der Waals surface area contributed by atoms with E-state index in [1.54, 1.807) is 31.7 Å². The second kappa shape index (κ2) is 10.3. The Morgan fingerprint density at radius 2 is 1.97 bits per heavy atom. The van der Waals surface area contributed by atoms with Crippen LogP contribution in [0.4, 0.5) is 5.82 Å². The molecule has 3 N–H and O–H groups in total. The molecule has 0 bridgehead atoms. The van der Waals surface area contributed by atoms with Crippen molar-refractivity contribution in [2.24, 2.45) is 0 Å². The van der Waals surface area contributed by atoms with Gasteiger partial charge >= 0.3 is 0 Å². The van der Waals surface area contributed by atoms with Gasteiger partial charge in [-0.3, -0.25) is 14.8 Å². The van der Waals surface area contributed by atoms with Crippen LogP contribution in [0.3, 0.4) is 0 Å². The number of pyridine rings is 1. The zero-order valence-corrected chi connectivity index (χ0v) is 18.5. The molecule has 2 heterocycles. The molecule has 3 rings (SSSR count). The van der Waals surface area contributed by atoms with Crippen LogP contribution in [0.15, 0.2) is 55.3 Å². The van der Waals surface area contributed by atoms with E-state index >= 15 is 0 Å². The first-order valence-corrected chi connectivity index (χ1v) is 10.2. The number of carbonyl (C=O) groups excluding carboxylic acids is 1. The van der Waals surface area contributed by atoms with Crippen LogP contribution in [0.2, 0.25) is 0 Å². The number of aromatic nitrogens is 3. The molecule has 0 unspecified atom stereocenters. The Bertz CT molecular complexity index is 1140. The lowest BCUT2D eigenvalue weighted by atomic mass is 10.0. The first kappa shape index (κ1) is 22.6. The Morgan fingerprint density at radius 1 is 1.16 bits per heavy atom. The third-order valence-electron chi connectivity index (χ3n) is 4.58. The van der Waals surface area contributed by atoms with Gasteiger partial charge in [-0.2, -0.15) is 0 Å². The molecule has 1 aromatic carbocycles. The molecular weight excluding hydrogens is 404 g/mol. The monoisotopic (exact) mass is 430 g/mol. The van der Waals surface area contributed by atoms with Crippen LogP contribution in [0, 0.1) is 12.3 Å². The van der Waals surface area contributed by atoms with Gasteiger partial charge in [0, 0.05) is 43.0 Å². The molecule has 3 aromatic rings. The summed E-state index contributed by atoms with van der Waals surface area (Å²) in [6.45, 7) is 5.75. The Morgan fingerprint density at radius 3 is 2.59 bits per heavy atom. The van der Waals surface area contributed by atoms with Crippen LogP contribution in [-0.2, 0) is 0 Å². The van der Waals surface area contributed by atoms with Crippen molar-refractivity contribution in [1.29, 1.82) is 5.41 Å². The van der Waals surface area contributed by atoms with E-state index in [2.05, 4.69) is 25.6 Å². The van der Waals surface area contributed by atoms with Crippen LogP contribution < -0.4 is 15.4 Å². The number of rotatable bonds is 8. The van der Waals surface area contributed by atoms with E-state index in [9.17, 15) is 4.79 Å². The summed E-state index contributed by atoms with van der Waals surface area (Å²) in [5, 5.41) is 13.4. The molecule has 0 aliphatic rings. The van der Waals surface area contributed by atoms with Crippen LogP contribution in [0.1, 0.15) is 35.3 Å². The maximum absolute atomic E-state index is 12.5. The van der Waals surface area contributed by atoms with Crippen molar-refractivity contribution in [2.75, 3.05) is 12.4 Å². The normalized spacial score (nSPS) is 11.2. The van der Waals surface area contributed by atoms with Gasteiger partial charge in [0.15, 0.2) is 5.82 Å². The molecule has 2 aromatic heterocycles. The van der Waals surface area contributed by atoms with Crippen LogP contribution in [0.5, 0.6) is 5.75 Å². The van der Waals surface area contributed by atoms with Gasteiger partial charge in [0.2, 0.25) is 0 Å². The molecule has 8 nitrogen and oxygen atoms in total. The summed E-state index contributed by atoms with van der Waals surface area (Å²) in [5.74, 6) is 0.700. The maximum atomic E-state index is 12.5. The van der Waals surface area contributed by atoms with Crippen LogP contribution in [-0.4, -0.2) is 40.2 Å². The minimum atomic E-state index is -0.295. The second-order valence-electron chi connectivity index (χ2n) is 7.34. The van der Waals surface area contributed by atoms with Gasteiger partial charge in [-0.25, -0.2) is 4.98 Å². The first-order valence-electron chi connectivity index (χ1n) is 10.2. The van der Waals surface area contributed by atoms with Gasteiger partial charge in [-0.15, -0.1) is 0 Å². The average molecular weight is 431 g/mol. The van der Waals surface area contributed by atoms with Crippen LogP contribution in [0.25, 0.3) is 16.8 Å². The summed E-state index contributed by atoms with van der Waals surface area (Å²) >= 11 is 0. The van der Waals surface area contributed by atoms with E-state index in [-0.39, 0.29) is 12.0 Å². The third kappa shape index (κ3) is 5.34. The predicted molar refractivity (Wildman–Crippen MR) is 126 cm³/mol. The lowest BCUT2D eigenvalue weighted by Crippen LogP contribution is -2.15. The van der Waals surface area contributed by atoms with Crippen molar-refractivity contribution in [3.8, 4) is 17.0 Å². The molecule has 32 heavy (non-hydrogen) atoms. The summed E-state index contributed by atoms with van der Waals surface area (Å²) in [4.78, 5) is 25.4. The van der Waals surface area contributed by atoms with Crippen LogP contribution >= 0.6 is 0 Å². The zero-order valence-electron chi connectivity index (χ0n) is 18.5. The number of hydrogen-bond acceptors (Lipinski definition) is 7. The molecular formula is C24H26N6O2. The minimum absolute atomic E-state index is 0.0242. The maximum Gasteiger partial charge on any atom is 0.258 e. The second-order valence-corrected chi connectivity index (χ2v) is 7.34. The highest BCUT2D eigenvalue weighted by atomic mass is 16.5. The third-order valence-corrected chi connectivity index (χ3v) is 4.58. The summed E-state index contributed by atoms with van der Waals surface area (Å²) in [5.41, 5.74) is 4.20. The highest BCUT2D eigenvalue weighted by Gasteiger charge is 2.14. The van der Waals surface area contributed by atoms with E-state index in [1.165, 1.54) is 18.6 Å². The van der Waals surface area contributed by atoms with Crippen molar-refractivity contribution in [3.63, 3.8) is 0 Å². The van der Waals surface area contributed by atoms with E-state index in [0.717, 1.165) is 16.7 Å². The average Bonchev–Trinajstić information content (AvgIpc) is 2.78. The van der Waals surface area contributed by atoms with Gasteiger partial charge in [0.1, 0.15) is 5.75 Å². The molecule has 0 saturated heterocycles. The van der Waals surface area contributed by atoms with Crippen molar-refractivity contribution in [2.45, 2.75) is 26.9 Å². The molecule has 0 radical (unpaired) electrons. The number of aryl methyl sites for hydroxylation is 1. The Hall–Kier alpha value is -4.07. The van der Waals surface area contributed by atoms with Crippen molar-refractivity contribution >= 4 is 23.5 Å². The highest BCUT2D eigenvalue weighted by molar-refractivity contribution is 6.08. The number of hydrogen-bond donors (Lipinski definition) is 3. The molecule has 1 amide bonds. The lowest BCUT2D eigenvalue weighted by molar-refractivity contribution is 0.102. The van der Waals surface area contributed by atoms with Crippen molar-refractivity contribution in [3.05, 3.63) is 71.9 Å². The van der Waals surface area contributed by atoms with Gasteiger partial charge < -0.3 is 20.8 Å². The number of amides is 1. The Labute approximate surface area is 187 Å². The minimum Gasteiger partial charge on any atom is -0.490 e. The number of anilines is 1. The fourth-order valence-corrected chi connectivity index (χ4v) is 3.05. The number of ether oxygens (including phenoxy) is 1. The number of carbonyl (C=O) groups is 1. The van der Waals surface area contributed by atoms with Crippen molar-refractivity contribution in [1.82, 2.24) is 20.3 Å². The fraction of sp³-hybridized carbons (Fsp3) is 0.208. The topological polar surface area (TPSA) is 113 Å². The standard InChI is InChI=1S/C24H26N6O2/c1-15(2)32-22-6-5-17(18(10-25)11-26-4)9-19(22)21-13-29-23(14-28-21)30-24(31)20-12-27-8-7-16(20)3/h5-15,25-26H,1-4H3,(H,29,30,31)/b18-11+,25-10?. The summed E-state index contributed by atoms with van der Waals surface area (Å²) in [6, 6.07) is 7.44. The van der Waals surface area contributed by atoms with Gasteiger partial charge in [-0.1, -0.05) is 6.07 Å². The molecule has 8 heteroatoms. The number of allylic oxidation sites excluding steroid dienone is 1. The SMILES string of the molecule is CN/C=C(\C=N)c1ccc(OC(C)C)c(-c2cnc(NC(=O)c3cnccc3C)cn2)c1. The lowest BCUT2D eigenvalue weighted by Gasteiger charge is -2.16. The summed E-state index contributed by atoms with van der Waals surface area (Å²) < 4.78 is 5.96. The Kier molecular flexibility index (Phi) is 7.28. The smallest absolute Gasteiger partial charge is 0.258 e. The van der Waals surface area contributed by atoms with E-state index in [1.807, 2.05) is 39.0 Å². The molecule has 164 valence electrons. The number of nitrogens with zero attached hydrogens (tertiary/aromatic N) is 3. The molecule has 0 fully saturated rings. The quantitative estimate of drug-likeness (QED) is 0.464. The fourth-order valence-electron chi connectivity index (χ4n) is 3.05. The molecule has 0 aliphatic carbocycles.